The Kier molecular flexibility index (Phi) is 5.19. The fourth-order valence-electron chi connectivity index (χ4n) is 2.25. The van der Waals surface area contributed by atoms with E-state index in [1.165, 1.54) is 24.3 Å². The zero-order valence-corrected chi connectivity index (χ0v) is 13.7. The number of amides is 1. The average molecular weight is 379 g/mol. The largest absolute Gasteiger partial charge is 0.423 e. The molecule has 0 bridgehead atoms. The molecule has 1 atom stereocenters. The van der Waals surface area contributed by atoms with E-state index in [1.807, 2.05) is 6.07 Å². The first-order valence-corrected chi connectivity index (χ1v) is 7.37. The van der Waals surface area contributed by atoms with Crippen molar-refractivity contribution in [3.63, 3.8) is 0 Å². The minimum Gasteiger partial charge on any atom is -0.376 e. The number of nitrogens with zero attached hydrogens (tertiary/aromatic N) is 2. The molecule has 0 saturated carbocycles. The maximum absolute atomic E-state index is 13.0. The molecule has 2 aromatic rings. The van der Waals surface area contributed by atoms with Crippen molar-refractivity contribution in [2.75, 3.05) is 5.32 Å². The van der Waals surface area contributed by atoms with E-state index >= 15 is 0 Å². The molecular formula is C17H12F3N3O4. The molecule has 140 valence electrons. The molecular weight excluding hydrogens is 367 g/mol. The molecule has 0 saturated heterocycles. The summed E-state index contributed by atoms with van der Waals surface area (Å²) in [6.07, 6.45) is -5.00. The fraction of sp³-hybridized carbons (Fsp3) is 0.176. The monoisotopic (exact) mass is 379 g/mol. The van der Waals surface area contributed by atoms with Crippen molar-refractivity contribution >= 4 is 17.3 Å². The van der Waals surface area contributed by atoms with Crippen LogP contribution in [0.1, 0.15) is 23.6 Å². The van der Waals surface area contributed by atoms with Gasteiger partial charge in [0.15, 0.2) is 5.60 Å². The number of alkyl halides is 3. The van der Waals surface area contributed by atoms with Crippen LogP contribution < -0.4 is 5.32 Å². The molecule has 0 fully saturated rings. The zero-order chi connectivity index (χ0) is 20.4. The van der Waals surface area contributed by atoms with Crippen molar-refractivity contribution in [1.29, 1.82) is 5.26 Å². The molecule has 2 rings (SSSR count). The van der Waals surface area contributed by atoms with Crippen molar-refractivity contribution < 1.29 is 28.0 Å². The van der Waals surface area contributed by atoms with Crippen LogP contribution in [0, 0.1) is 21.4 Å². The Morgan fingerprint density at radius 2 is 1.81 bits per heavy atom. The number of rotatable bonds is 4. The molecule has 0 aliphatic heterocycles. The van der Waals surface area contributed by atoms with Crippen molar-refractivity contribution in [2.45, 2.75) is 18.7 Å². The Morgan fingerprint density at radius 3 is 2.30 bits per heavy atom. The number of anilines is 1. The molecule has 1 unspecified atom stereocenters. The number of nitrogens with one attached hydrogen (secondary N) is 1. The van der Waals surface area contributed by atoms with Crippen LogP contribution in [0.3, 0.4) is 0 Å². The van der Waals surface area contributed by atoms with Gasteiger partial charge in [-0.3, -0.25) is 14.9 Å². The van der Waals surface area contributed by atoms with E-state index in [4.69, 9.17) is 5.26 Å². The summed E-state index contributed by atoms with van der Waals surface area (Å²) in [7, 11) is 0. The van der Waals surface area contributed by atoms with Crippen molar-refractivity contribution in [3.8, 4) is 6.07 Å². The SMILES string of the molecule is CC(O)(C(=O)Nc1ccc([N+](=O)[O-])c(C(F)(F)F)c1)c1ccc(C#N)cc1. The lowest BCUT2D eigenvalue weighted by molar-refractivity contribution is -0.388. The zero-order valence-electron chi connectivity index (χ0n) is 13.7. The second-order valence-electron chi connectivity index (χ2n) is 5.70. The molecule has 0 aliphatic rings. The van der Waals surface area contributed by atoms with Crippen LogP contribution in [-0.2, 0) is 16.6 Å². The molecule has 2 N–H and O–H groups in total. The minimum atomic E-state index is -5.00. The highest BCUT2D eigenvalue weighted by atomic mass is 19.4. The number of carbonyl (C=O) groups is 1. The molecule has 2 aromatic carbocycles. The van der Waals surface area contributed by atoms with Gasteiger partial charge in [-0.05, 0) is 36.8 Å². The van der Waals surface area contributed by atoms with E-state index in [9.17, 15) is 33.2 Å². The summed E-state index contributed by atoms with van der Waals surface area (Å²) in [5, 5.41) is 32.0. The molecule has 27 heavy (non-hydrogen) atoms. The van der Waals surface area contributed by atoms with Gasteiger partial charge < -0.3 is 10.4 Å². The number of hydrogen-bond acceptors (Lipinski definition) is 5. The number of halogens is 3. The minimum absolute atomic E-state index is 0.108. The summed E-state index contributed by atoms with van der Waals surface area (Å²) in [4.78, 5) is 21.9. The lowest BCUT2D eigenvalue weighted by Gasteiger charge is -2.23. The van der Waals surface area contributed by atoms with Crippen molar-refractivity contribution in [3.05, 3.63) is 69.3 Å². The van der Waals surface area contributed by atoms with Gasteiger partial charge in [0.05, 0.1) is 16.6 Å². The van der Waals surface area contributed by atoms with E-state index in [0.717, 1.165) is 13.0 Å². The van der Waals surface area contributed by atoms with Crippen LogP contribution in [0.15, 0.2) is 42.5 Å². The summed E-state index contributed by atoms with van der Waals surface area (Å²) in [6.45, 7) is 1.12. The summed E-state index contributed by atoms with van der Waals surface area (Å²) < 4.78 is 39.0. The summed E-state index contributed by atoms with van der Waals surface area (Å²) in [5.41, 5.74) is -4.76. The quantitative estimate of drug-likeness (QED) is 0.624. The van der Waals surface area contributed by atoms with Gasteiger partial charge in [-0.25, -0.2) is 0 Å². The first kappa shape index (κ1) is 19.9. The van der Waals surface area contributed by atoms with Crippen LogP contribution in [0.25, 0.3) is 0 Å². The fourth-order valence-corrected chi connectivity index (χ4v) is 2.25. The number of nitro groups is 1. The third-order valence-corrected chi connectivity index (χ3v) is 3.77. The smallest absolute Gasteiger partial charge is 0.376 e. The molecule has 0 spiro atoms. The van der Waals surface area contributed by atoms with Gasteiger partial charge in [0, 0.05) is 11.8 Å². The van der Waals surface area contributed by atoms with E-state index < -0.39 is 33.9 Å². The van der Waals surface area contributed by atoms with Crippen molar-refractivity contribution in [1.82, 2.24) is 0 Å². The van der Waals surface area contributed by atoms with E-state index in [1.54, 1.807) is 0 Å². The molecule has 1 amide bonds. The number of nitriles is 1. The van der Waals surface area contributed by atoms with E-state index in [2.05, 4.69) is 5.32 Å². The highest BCUT2D eigenvalue weighted by Crippen LogP contribution is 2.37. The van der Waals surface area contributed by atoms with Crippen LogP contribution in [0.4, 0.5) is 24.5 Å². The summed E-state index contributed by atoms with van der Waals surface area (Å²) in [5.74, 6) is -1.05. The number of benzene rings is 2. The predicted molar refractivity (Wildman–Crippen MR) is 87.5 cm³/mol. The second-order valence-corrected chi connectivity index (χ2v) is 5.70. The topological polar surface area (TPSA) is 116 Å². The third-order valence-electron chi connectivity index (χ3n) is 3.77. The van der Waals surface area contributed by atoms with Crippen LogP contribution >= 0.6 is 0 Å². The van der Waals surface area contributed by atoms with Gasteiger partial charge in [0.2, 0.25) is 0 Å². The second kappa shape index (κ2) is 7.05. The Hall–Kier alpha value is -3.45. The number of aliphatic hydroxyl groups is 1. The summed E-state index contributed by atoms with van der Waals surface area (Å²) in [6, 6.07) is 9.23. The third kappa shape index (κ3) is 4.21. The Morgan fingerprint density at radius 1 is 1.22 bits per heavy atom. The number of carbonyl (C=O) groups excluding carboxylic acids is 1. The van der Waals surface area contributed by atoms with Gasteiger partial charge in [-0.15, -0.1) is 0 Å². The molecule has 0 aromatic heterocycles. The van der Waals surface area contributed by atoms with Gasteiger partial charge >= 0.3 is 6.18 Å². The molecule has 0 aliphatic carbocycles. The Balaban J connectivity index is 2.33. The first-order valence-electron chi connectivity index (χ1n) is 7.37. The maximum Gasteiger partial charge on any atom is 0.423 e. The standard InChI is InChI=1S/C17H12F3N3O4/c1-16(25,11-4-2-10(9-21)3-5-11)15(24)22-12-6-7-14(23(26)27)13(8-12)17(18,19)20/h2-8,25H,1H3,(H,22,24). The van der Waals surface area contributed by atoms with Gasteiger partial charge in [0.1, 0.15) is 5.56 Å². The normalized spacial score (nSPS) is 13.3. The highest BCUT2D eigenvalue weighted by molar-refractivity contribution is 5.97. The lowest BCUT2D eigenvalue weighted by atomic mass is 9.94. The molecule has 0 heterocycles. The lowest BCUT2D eigenvalue weighted by Crippen LogP contribution is -2.37. The van der Waals surface area contributed by atoms with Gasteiger partial charge in [0.25, 0.3) is 11.6 Å². The van der Waals surface area contributed by atoms with Crippen LogP contribution in [0.5, 0.6) is 0 Å². The van der Waals surface area contributed by atoms with E-state index in [0.29, 0.717) is 17.7 Å². The van der Waals surface area contributed by atoms with Crippen LogP contribution in [-0.4, -0.2) is 15.9 Å². The molecule has 10 heteroatoms. The Labute approximate surface area is 150 Å². The first-order chi connectivity index (χ1) is 12.5. The van der Waals surface area contributed by atoms with E-state index in [-0.39, 0.29) is 11.3 Å². The molecule has 7 nitrogen and oxygen atoms in total. The van der Waals surface area contributed by atoms with Gasteiger partial charge in [-0.1, -0.05) is 12.1 Å². The van der Waals surface area contributed by atoms with Crippen LogP contribution in [0.2, 0.25) is 0 Å². The maximum atomic E-state index is 13.0. The van der Waals surface area contributed by atoms with Gasteiger partial charge in [-0.2, -0.15) is 18.4 Å². The Bertz CT molecular complexity index is 932. The molecule has 0 radical (unpaired) electrons. The number of hydrogen-bond donors (Lipinski definition) is 2. The average Bonchev–Trinajstić information content (AvgIpc) is 2.60. The number of nitro benzene ring substituents is 1. The summed E-state index contributed by atoms with van der Waals surface area (Å²) >= 11 is 0. The highest BCUT2D eigenvalue weighted by Gasteiger charge is 2.39. The predicted octanol–water partition coefficient (Wildman–Crippen LogP) is 3.33. The van der Waals surface area contributed by atoms with Crippen molar-refractivity contribution in [2.24, 2.45) is 0 Å².